The van der Waals surface area contributed by atoms with E-state index in [9.17, 15) is 0 Å². The van der Waals surface area contributed by atoms with Gasteiger partial charge in [0.05, 0.1) is 13.2 Å². The number of hydrogen-bond donors (Lipinski definition) is 0. The normalized spacial score (nSPS) is 15.0. The molecule has 3 rings (SSSR count). The topological polar surface area (TPSA) is 50.7 Å². The molecule has 0 spiro atoms. The van der Waals surface area contributed by atoms with Gasteiger partial charge < -0.3 is 14.4 Å². The molecule has 1 aromatic carbocycles. The largest absolute Gasteiger partial charge is 0.492 e. The molecule has 1 saturated heterocycles. The lowest BCUT2D eigenvalue weighted by atomic mass is 10.2. The smallest absolute Gasteiger partial charge is 0.125 e. The van der Waals surface area contributed by atoms with Gasteiger partial charge in [0.1, 0.15) is 18.2 Å². The third-order valence-electron chi connectivity index (χ3n) is 4.55. The minimum absolute atomic E-state index is 0.696. The Morgan fingerprint density at radius 3 is 2.69 bits per heavy atom. The predicted molar refractivity (Wildman–Crippen MR) is 103 cm³/mol. The Bertz CT molecular complexity index is 672. The van der Waals surface area contributed by atoms with Crippen molar-refractivity contribution < 1.29 is 9.47 Å². The molecule has 0 bridgehead atoms. The van der Waals surface area contributed by atoms with Crippen molar-refractivity contribution in [2.75, 3.05) is 50.9 Å². The summed E-state index contributed by atoms with van der Waals surface area (Å²) in [6.07, 6.45) is 3.79. The van der Waals surface area contributed by atoms with Gasteiger partial charge in [-0.3, -0.25) is 4.90 Å². The van der Waals surface area contributed by atoms with Crippen LogP contribution in [-0.4, -0.2) is 60.9 Å². The summed E-state index contributed by atoms with van der Waals surface area (Å²) in [5.74, 6) is 1.71. The monoisotopic (exact) mass is 356 g/mol. The van der Waals surface area contributed by atoms with E-state index in [4.69, 9.17) is 9.47 Å². The van der Waals surface area contributed by atoms with Crippen molar-refractivity contribution in [2.24, 2.45) is 0 Å². The number of hydrogen-bond acceptors (Lipinski definition) is 6. The molecular formula is C20H28N4O2. The van der Waals surface area contributed by atoms with Crippen LogP contribution in [0.4, 0.5) is 5.69 Å². The van der Waals surface area contributed by atoms with Gasteiger partial charge in [0.2, 0.25) is 0 Å². The van der Waals surface area contributed by atoms with Gasteiger partial charge in [-0.2, -0.15) is 0 Å². The van der Waals surface area contributed by atoms with Gasteiger partial charge in [0.15, 0.2) is 0 Å². The van der Waals surface area contributed by atoms with Crippen LogP contribution in [0, 0.1) is 6.92 Å². The summed E-state index contributed by atoms with van der Waals surface area (Å²) in [5, 5.41) is 0. The van der Waals surface area contributed by atoms with Gasteiger partial charge in [0.25, 0.3) is 0 Å². The Hall–Kier alpha value is -2.18. The van der Waals surface area contributed by atoms with Crippen LogP contribution in [0.15, 0.2) is 36.7 Å². The van der Waals surface area contributed by atoms with Crippen molar-refractivity contribution >= 4 is 5.69 Å². The second-order valence-corrected chi connectivity index (χ2v) is 6.45. The molecule has 0 aliphatic carbocycles. The molecule has 26 heavy (non-hydrogen) atoms. The van der Waals surface area contributed by atoms with Crippen LogP contribution in [0.25, 0.3) is 0 Å². The first-order valence-electron chi connectivity index (χ1n) is 9.30. The number of benzene rings is 1. The molecule has 6 nitrogen and oxygen atoms in total. The molecule has 0 amide bonds. The highest BCUT2D eigenvalue weighted by atomic mass is 16.5. The summed E-state index contributed by atoms with van der Waals surface area (Å²) in [4.78, 5) is 13.2. The fourth-order valence-electron chi connectivity index (χ4n) is 2.99. The second kappa shape index (κ2) is 9.50. The molecule has 0 radical (unpaired) electrons. The summed E-state index contributed by atoms with van der Waals surface area (Å²) in [6, 6.07) is 8.30. The van der Waals surface area contributed by atoms with Gasteiger partial charge in [-0.15, -0.1) is 0 Å². The van der Waals surface area contributed by atoms with Gasteiger partial charge in [-0.05, 0) is 26.0 Å². The maximum atomic E-state index is 5.98. The second-order valence-electron chi connectivity index (χ2n) is 6.45. The number of morpholine rings is 1. The Morgan fingerprint density at radius 2 is 1.96 bits per heavy atom. The number of aryl methyl sites for hydroxylation is 1. The first-order valence-corrected chi connectivity index (χ1v) is 9.30. The highest BCUT2D eigenvalue weighted by Crippen LogP contribution is 2.22. The molecule has 1 aliphatic heterocycles. The molecule has 1 fully saturated rings. The molecule has 2 heterocycles. The van der Waals surface area contributed by atoms with E-state index in [-0.39, 0.29) is 0 Å². The SMILES string of the molecule is CCN(Cc1cnc(C)nc1)c1cccc(OCCN2CCOCC2)c1. The molecule has 1 aliphatic rings. The predicted octanol–water partition coefficient (Wildman–Crippen LogP) is 2.52. The molecule has 6 heteroatoms. The lowest BCUT2D eigenvalue weighted by molar-refractivity contribution is 0.0322. The third kappa shape index (κ3) is 5.41. The first-order chi connectivity index (χ1) is 12.7. The third-order valence-corrected chi connectivity index (χ3v) is 4.55. The molecule has 0 saturated carbocycles. The van der Waals surface area contributed by atoms with E-state index in [1.807, 2.05) is 31.5 Å². The Morgan fingerprint density at radius 1 is 1.19 bits per heavy atom. The van der Waals surface area contributed by atoms with Crippen LogP contribution in [-0.2, 0) is 11.3 Å². The van der Waals surface area contributed by atoms with Crippen LogP contribution >= 0.6 is 0 Å². The molecule has 2 aromatic rings. The maximum Gasteiger partial charge on any atom is 0.125 e. The highest BCUT2D eigenvalue weighted by Gasteiger charge is 2.11. The quantitative estimate of drug-likeness (QED) is 0.724. The van der Waals surface area contributed by atoms with Crippen molar-refractivity contribution in [3.63, 3.8) is 0 Å². The zero-order chi connectivity index (χ0) is 18.2. The molecule has 0 unspecified atom stereocenters. The van der Waals surface area contributed by atoms with E-state index < -0.39 is 0 Å². The van der Waals surface area contributed by atoms with Crippen LogP contribution in [0.2, 0.25) is 0 Å². The van der Waals surface area contributed by atoms with Crippen LogP contribution < -0.4 is 9.64 Å². The fourth-order valence-corrected chi connectivity index (χ4v) is 2.99. The number of ether oxygens (including phenoxy) is 2. The average molecular weight is 356 g/mol. The minimum Gasteiger partial charge on any atom is -0.492 e. The van der Waals surface area contributed by atoms with Gasteiger partial charge >= 0.3 is 0 Å². The van der Waals surface area contributed by atoms with Crippen molar-refractivity contribution in [3.8, 4) is 5.75 Å². The number of nitrogens with zero attached hydrogens (tertiary/aromatic N) is 4. The Balaban J connectivity index is 1.56. The highest BCUT2D eigenvalue weighted by molar-refractivity contribution is 5.51. The summed E-state index contributed by atoms with van der Waals surface area (Å²) in [7, 11) is 0. The first kappa shape index (κ1) is 18.6. The van der Waals surface area contributed by atoms with E-state index >= 15 is 0 Å². The van der Waals surface area contributed by atoms with E-state index in [2.05, 4.69) is 38.8 Å². The van der Waals surface area contributed by atoms with Gasteiger partial charge in [-0.1, -0.05) is 6.07 Å². The summed E-state index contributed by atoms with van der Waals surface area (Å²) >= 11 is 0. The minimum atomic E-state index is 0.696. The maximum absolute atomic E-state index is 5.98. The van der Waals surface area contributed by atoms with E-state index in [0.717, 1.165) is 68.8 Å². The number of aromatic nitrogens is 2. The molecule has 0 N–H and O–H groups in total. The van der Waals surface area contributed by atoms with Crippen molar-refractivity contribution in [3.05, 3.63) is 48.0 Å². The average Bonchev–Trinajstić information content (AvgIpc) is 2.69. The van der Waals surface area contributed by atoms with Crippen molar-refractivity contribution in [2.45, 2.75) is 20.4 Å². The summed E-state index contributed by atoms with van der Waals surface area (Å²) in [5.41, 5.74) is 2.26. The number of rotatable bonds is 8. The van der Waals surface area contributed by atoms with Crippen molar-refractivity contribution in [1.82, 2.24) is 14.9 Å². The lowest BCUT2D eigenvalue weighted by Gasteiger charge is -2.26. The Kier molecular flexibility index (Phi) is 6.80. The van der Waals surface area contributed by atoms with Crippen LogP contribution in [0.3, 0.4) is 0 Å². The van der Waals surface area contributed by atoms with E-state index in [1.165, 1.54) is 0 Å². The molecule has 140 valence electrons. The van der Waals surface area contributed by atoms with E-state index in [0.29, 0.717) is 6.61 Å². The van der Waals surface area contributed by atoms with Gasteiger partial charge in [0, 0.05) is 62.4 Å². The molecular weight excluding hydrogens is 328 g/mol. The fraction of sp³-hybridized carbons (Fsp3) is 0.500. The lowest BCUT2D eigenvalue weighted by Crippen LogP contribution is -2.38. The zero-order valence-corrected chi connectivity index (χ0v) is 15.7. The van der Waals surface area contributed by atoms with Gasteiger partial charge in [-0.25, -0.2) is 9.97 Å². The number of anilines is 1. The van der Waals surface area contributed by atoms with Crippen LogP contribution in [0.1, 0.15) is 18.3 Å². The van der Waals surface area contributed by atoms with Crippen molar-refractivity contribution in [1.29, 1.82) is 0 Å². The molecule has 0 atom stereocenters. The molecule has 1 aromatic heterocycles. The Labute approximate surface area is 155 Å². The van der Waals surface area contributed by atoms with Crippen LogP contribution in [0.5, 0.6) is 5.75 Å². The standard InChI is InChI=1S/C20H28N4O2/c1-3-24(16-18-14-21-17(2)22-15-18)19-5-4-6-20(13-19)26-12-9-23-7-10-25-11-8-23/h4-6,13-15H,3,7-12,16H2,1-2H3. The summed E-state index contributed by atoms with van der Waals surface area (Å²) in [6.45, 7) is 11.0. The summed E-state index contributed by atoms with van der Waals surface area (Å²) < 4.78 is 11.4. The zero-order valence-electron chi connectivity index (χ0n) is 15.7. The van der Waals surface area contributed by atoms with E-state index in [1.54, 1.807) is 0 Å².